The van der Waals surface area contributed by atoms with E-state index in [0.717, 1.165) is 5.56 Å². The van der Waals surface area contributed by atoms with E-state index in [1.54, 1.807) is 6.07 Å². The highest BCUT2D eigenvalue weighted by atomic mass is 35.5. The quantitative estimate of drug-likeness (QED) is 0.832. The van der Waals surface area contributed by atoms with Crippen LogP contribution in [0.3, 0.4) is 0 Å². The van der Waals surface area contributed by atoms with Crippen LogP contribution in [0.5, 0.6) is 0 Å². The standard InChI is InChI=1S/C12H9Cl2NO/c13-9-6-7-15-12(14)10(9)11(16)8-4-2-1-3-5-8/h1-7,11,16H. The third-order valence-corrected chi connectivity index (χ3v) is 2.91. The largest absolute Gasteiger partial charge is 0.383 e. The van der Waals surface area contributed by atoms with Gasteiger partial charge in [0, 0.05) is 11.8 Å². The normalized spacial score (nSPS) is 12.4. The zero-order valence-corrected chi connectivity index (χ0v) is 9.78. The molecular weight excluding hydrogens is 245 g/mol. The van der Waals surface area contributed by atoms with Crippen LogP contribution in [-0.2, 0) is 0 Å². The number of benzene rings is 1. The van der Waals surface area contributed by atoms with E-state index in [1.165, 1.54) is 6.20 Å². The van der Waals surface area contributed by atoms with E-state index >= 15 is 0 Å². The maximum atomic E-state index is 10.1. The molecule has 0 aliphatic heterocycles. The molecule has 0 fully saturated rings. The van der Waals surface area contributed by atoms with Gasteiger partial charge in [-0.15, -0.1) is 0 Å². The van der Waals surface area contributed by atoms with Crippen LogP contribution < -0.4 is 0 Å². The van der Waals surface area contributed by atoms with Crippen molar-refractivity contribution in [1.29, 1.82) is 0 Å². The summed E-state index contributed by atoms with van der Waals surface area (Å²) in [7, 11) is 0. The van der Waals surface area contributed by atoms with Crippen LogP contribution in [0.15, 0.2) is 42.6 Å². The predicted molar refractivity (Wildman–Crippen MR) is 64.8 cm³/mol. The summed E-state index contributed by atoms with van der Waals surface area (Å²) in [6.07, 6.45) is 0.654. The van der Waals surface area contributed by atoms with Gasteiger partial charge in [0.15, 0.2) is 0 Å². The fourth-order valence-corrected chi connectivity index (χ4v) is 2.03. The molecule has 0 spiro atoms. The number of nitrogens with zero attached hydrogens (tertiary/aromatic N) is 1. The minimum absolute atomic E-state index is 0.226. The molecular formula is C12H9Cl2NO. The molecule has 1 N–H and O–H groups in total. The van der Waals surface area contributed by atoms with Gasteiger partial charge in [-0.05, 0) is 11.6 Å². The highest BCUT2D eigenvalue weighted by Crippen LogP contribution is 2.32. The fraction of sp³-hybridized carbons (Fsp3) is 0.0833. The van der Waals surface area contributed by atoms with Gasteiger partial charge in [-0.3, -0.25) is 0 Å². The third-order valence-electron chi connectivity index (χ3n) is 2.28. The summed E-state index contributed by atoms with van der Waals surface area (Å²) >= 11 is 11.9. The topological polar surface area (TPSA) is 33.1 Å². The number of hydrogen-bond acceptors (Lipinski definition) is 2. The van der Waals surface area contributed by atoms with E-state index in [1.807, 2.05) is 30.3 Å². The van der Waals surface area contributed by atoms with Crippen molar-refractivity contribution in [2.24, 2.45) is 0 Å². The molecule has 2 aromatic rings. The minimum atomic E-state index is -0.852. The summed E-state index contributed by atoms with van der Waals surface area (Å²) in [5, 5.41) is 10.8. The molecule has 16 heavy (non-hydrogen) atoms. The van der Waals surface area contributed by atoms with Crippen molar-refractivity contribution < 1.29 is 5.11 Å². The molecule has 2 nitrogen and oxygen atoms in total. The van der Waals surface area contributed by atoms with E-state index in [4.69, 9.17) is 23.2 Å². The Morgan fingerprint density at radius 2 is 1.75 bits per heavy atom. The molecule has 1 atom stereocenters. The van der Waals surface area contributed by atoms with Crippen LogP contribution in [0.4, 0.5) is 0 Å². The van der Waals surface area contributed by atoms with Gasteiger partial charge in [-0.25, -0.2) is 4.98 Å². The van der Waals surface area contributed by atoms with Crippen molar-refractivity contribution in [3.05, 3.63) is 63.9 Å². The maximum absolute atomic E-state index is 10.1. The van der Waals surface area contributed by atoms with Crippen LogP contribution in [0.25, 0.3) is 0 Å². The number of pyridine rings is 1. The van der Waals surface area contributed by atoms with Crippen molar-refractivity contribution in [3.8, 4) is 0 Å². The number of aromatic nitrogens is 1. The summed E-state index contributed by atoms with van der Waals surface area (Å²) < 4.78 is 0. The van der Waals surface area contributed by atoms with Gasteiger partial charge < -0.3 is 5.11 Å². The Morgan fingerprint density at radius 3 is 2.38 bits per heavy atom. The van der Waals surface area contributed by atoms with Crippen molar-refractivity contribution in [2.75, 3.05) is 0 Å². The maximum Gasteiger partial charge on any atom is 0.136 e. The lowest BCUT2D eigenvalue weighted by atomic mass is 10.0. The van der Waals surface area contributed by atoms with Crippen LogP contribution in [0.1, 0.15) is 17.2 Å². The molecule has 0 amide bonds. The Balaban J connectivity index is 2.46. The number of aliphatic hydroxyl groups excluding tert-OH is 1. The summed E-state index contributed by atoms with van der Waals surface area (Å²) in [5.74, 6) is 0. The van der Waals surface area contributed by atoms with Crippen molar-refractivity contribution in [1.82, 2.24) is 4.98 Å². The van der Waals surface area contributed by atoms with Crippen LogP contribution in [0.2, 0.25) is 10.2 Å². The molecule has 0 saturated heterocycles. The molecule has 2 rings (SSSR count). The van der Waals surface area contributed by atoms with Gasteiger partial charge in [-0.1, -0.05) is 53.5 Å². The summed E-state index contributed by atoms with van der Waals surface area (Å²) in [6.45, 7) is 0. The van der Waals surface area contributed by atoms with Crippen molar-refractivity contribution in [3.63, 3.8) is 0 Å². The van der Waals surface area contributed by atoms with E-state index < -0.39 is 6.10 Å². The number of aliphatic hydroxyl groups is 1. The Labute approximate surface area is 103 Å². The molecule has 0 bridgehead atoms. The minimum Gasteiger partial charge on any atom is -0.383 e. The average molecular weight is 254 g/mol. The van der Waals surface area contributed by atoms with Crippen LogP contribution >= 0.6 is 23.2 Å². The number of rotatable bonds is 2. The highest BCUT2D eigenvalue weighted by Gasteiger charge is 2.17. The highest BCUT2D eigenvalue weighted by molar-refractivity contribution is 6.35. The lowest BCUT2D eigenvalue weighted by molar-refractivity contribution is 0.220. The monoisotopic (exact) mass is 253 g/mol. The van der Waals surface area contributed by atoms with Gasteiger partial charge in [0.1, 0.15) is 11.3 Å². The SMILES string of the molecule is OC(c1ccccc1)c1c(Cl)ccnc1Cl. The third kappa shape index (κ3) is 2.19. The van der Waals surface area contributed by atoms with E-state index in [2.05, 4.69) is 4.98 Å². The Morgan fingerprint density at radius 1 is 1.06 bits per heavy atom. The Bertz CT molecular complexity index is 467. The summed E-state index contributed by atoms with van der Waals surface area (Å²) in [4.78, 5) is 3.91. The molecule has 4 heteroatoms. The molecule has 0 aliphatic carbocycles. The van der Waals surface area contributed by atoms with Gasteiger partial charge in [0.2, 0.25) is 0 Å². The van der Waals surface area contributed by atoms with Crippen LogP contribution in [0, 0.1) is 0 Å². The molecule has 1 aromatic carbocycles. The van der Waals surface area contributed by atoms with Crippen molar-refractivity contribution >= 4 is 23.2 Å². The smallest absolute Gasteiger partial charge is 0.136 e. The van der Waals surface area contributed by atoms with Gasteiger partial charge in [0.25, 0.3) is 0 Å². The molecule has 1 heterocycles. The molecule has 1 unspecified atom stereocenters. The van der Waals surface area contributed by atoms with Gasteiger partial charge in [0.05, 0.1) is 5.02 Å². The molecule has 1 aromatic heterocycles. The van der Waals surface area contributed by atoms with Gasteiger partial charge >= 0.3 is 0 Å². The molecule has 0 aliphatic rings. The number of halogens is 2. The Kier molecular flexibility index (Phi) is 3.44. The molecule has 82 valence electrons. The fourth-order valence-electron chi connectivity index (χ4n) is 1.47. The van der Waals surface area contributed by atoms with E-state index in [-0.39, 0.29) is 5.15 Å². The van der Waals surface area contributed by atoms with E-state index in [9.17, 15) is 5.11 Å². The first kappa shape index (κ1) is 11.4. The lowest BCUT2D eigenvalue weighted by Gasteiger charge is -2.13. The van der Waals surface area contributed by atoms with Crippen molar-refractivity contribution in [2.45, 2.75) is 6.10 Å². The predicted octanol–water partition coefficient (Wildman–Crippen LogP) is 3.47. The average Bonchev–Trinajstić information content (AvgIpc) is 2.30. The lowest BCUT2D eigenvalue weighted by Crippen LogP contribution is -2.02. The zero-order valence-electron chi connectivity index (χ0n) is 8.27. The summed E-state index contributed by atoms with van der Waals surface area (Å²) in [5.41, 5.74) is 1.18. The second-order valence-corrected chi connectivity index (χ2v) is 4.08. The first-order chi connectivity index (χ1) is 7.70. The number of hydrogen-bond donors (Lipinski definition) is 1. The van der Waals surface area contributed by atoms with Gasteiger partial charge in [-0.2, -0.15) is 0 Å². The second kappa shape index (κ2) is 4.83. The summed E-state index contributed by atoms with van der Waals surface area (Å²) in [6, 6.07) is 10.8. The molecule has 0 radical (unpaired) electrons. The second-order valence-electron chi connectivity index (χ2n) is 3.31. The first-order valence-corrected chi connectivity index (χ1v) is 5.48. The first-order valence-electron chi connectivity index (χ1n) is 4.73. The zero-order chi connectivity index (χ0) is 11.5. The molecule has 0 saturated carbocycles. The van der Waals surface area contributed by atoms with Crippen LogP contribution in [-0.4, -0.2) is 10.1 Å². The Hall–Kier alpha value is -1.09. The van der Waals surface area contributed by atoms with E-state index in [0.29, 0.717) is 10.6 Å².